The highest BCUT2D eigenvalue weighted by atomic mass is 14.9. The predicted molar refractivity (Wildman–Crippen MR) is 87.6 cm³/mol. The van der Waals surface area contributed by atoms with Gasteiger partial charge in [0.2, 0.25) is 0 Å². The van der Waals surface area contributed by atoms with E-state index in [2.05, 4.69) is 57.3 Å². The minimum absolute atomic E-state index is 1.11. The number of hydrogen-bond donors (Lipinski definition) is 1. The Morgan fingerprint density at radius 2 is 1.60 bits per heavy atom. The topological polar surface area (TPSA) is 12.0 Å². The first-order chi connectivity index (χ1) is 9.58. The molecule has 0 amide bonds. The Morgan fingerprint density at radius 3 is 2.30 bits per heavy atom. The maximum absolute atomic E-state index is 3.49. The van der Waals surface area contributed by atoms with Crippen LogP contribution in [0.2, 0.25) is 0 Å². The quantitative estimate of drug-likeness (QED) is 0.769. The third-order valence-electron chi connectivity index (χ3n) is 4.70. The molecule has 1 heteroatoms. The van der Waals surface area contributed by atoms with E-state index < -0.39 is 0 Å². The van der Waals surface area contributed by atoms with E-state index in [0.29, 0.717) is 0 Å². The summed E-state index contributed by atoms with van der Waals surface area (Å²) in [7, 11) is 0. The second-order valence-electron chi connectivity index (χ2n) is 6.04. The molecular weight excluding hydrogens is 242 g/mol. The van der Waals surface area contributed by atoms with Crippen molar-refractivity contribution < 1.29 is 0 Å². The Labute approximate surface area is 122 Å². The molecule has 0 unspecified atom stereocenters. The van der Waals surface area contributed by atoms with Gasteiger partial charge in [0.1, 0.15) is 0 Å². The van der Waals surface area contributed by atoms with Crippen LogP contribution in [-0.2, 0) is 6.42 Å². The molecule has 0 atom stereocenters. The number of fused-ring (bicyclic) bond motifs is 1. The minimum atomic E-state index is 1.11. The van der Waals surface area contributed by atoms with Crippen LogP contribution in [0, 0.1) is 27.7 Å². The molecule has 0 saturated heterocycles. The van der Waals surface area contributed by atoms with Crippen LogP contribution < -0.4 is 5.32 Å². The second kappa shape index (κ2) is 4.97. The van der Waals surface area contributed by atoms with Gasteiger partial charge in [0.15, 0.2) is 0 Å². The van der Waals surface area contributed by atoms with Gasteiger partial charge in [-0.05, 0) is 91.6 Å². The summed E-state index contributed by atoms with van der Waals surface area (Å²) in [6.07, 6.45) is 2.43. The van der Waals surface area contributed by atoms with Gasteiger partial charge in [-0.25, -0.2) is 0 Å². The molecule has 0 saturated carbocycles. The van der Waals surface area contributed by atoms with Crippen LogP contribution in [0.25, 0.3) is 11.1 Å². The first-order valence-electron chi connectivity index (χ1n) is 7.52. The van der Waals surface area contributed by atoms with E-state index in [1.165, 1.54) is 57.5 Å². The first-order valence-corrected chi connectivity index (χ1v) is 7.52. The largest absolute Gasteiger partial charge is 0.385 e. The number of anilines is 1. The lowest BCUT2D eigenvalue weighted by molar-refractivity contribution is 0.830. The zero-order chi connectivity index (χ0) is 14.3. The SMILES string of the molecule is Cc1cc(C)c(C)c(-c2ccc3c(c2)CCCN3)c1C. The van der Waals surface area contributed by atoms with Gasteiger partial charge < -0.3 is 5.32 Å². The summed E-state index contributed by atoms with van der Waals surface area (Å²) in [6.45, 7) is 10.0. The monoisotopic (exact) mass is 265 g/mol. The molecule has 2 aromatic carbocycles. The molecule has 3 rings (SSSR count). The standard InChI is InChI=1S/C19H23N/c1-12-10-13(2)15(4)19(14(12)3)17-7-8-18-16(11-17)6-5-9-20-18/h7-8,10-11,20H,5-6,9H2,1-4H3. The molecule has 1 N–H and O–H groups in total. The summed E-state index contributed by atoms with van der Waals surface area (Å²) in [4.78, 5) is 0. The van der Waals surface area contributed by atoms with Gasteiger partial charge in [-0.3, -0.25) is 0 Å². The molecule has 1 aliphatic heterocycles. The number of benzene rings is 2. The first kappa shape index (κ1) is 13.2. The van der Waals surface area contributed by atoms with E-state index in [-0.39, 0.29) is 0 Å². The molecule has 2 aromatic rings. The smallest absolute Gasteiger partial charge is 0.0373 e. The number of hydrogen-bond acceptors (Lipinski definition) is 1. The van der Waals surface area contributed by atoms with E-state index in [1.54, 1.807) is 0 Å². The molecule has 0 fully saturated rings. The van der Waals surface area contributed by atoms with Crippen molar-refractivity contribution in [2.24, 2.45) is 0 Å². The Kier molecular flexibility index (Phi) is 3.29. The average molecular weight is 265 g/mol. The van der Waals surface area contributed by atoms with Gasteiger partial charge in [-0.2, -0.15) is 0 Å². The third kappa shape index (κ3) is 2.11. The van der Waals surface area contributed by atoms with Gasteiger partial charge in [0.05, 0.1) is 0 Å². The molecule has 0 radical (unpaired) electrons. The highest BCUT2D eigenvalue weighted by Gasteiger charge is 2.14. The fourth-order valence-electron chi connectivity index (χ4n) is 3.28. The normalized spacial score (nSPS) is 13.8. The Hall–Kier alpha value is -1.76. The number of nitrogens with one attached hydrogen (secondary N) is 1. The van der Waals surface area contributed by atoms with Crippen LogP contribution in [0.1, 0.15) is 34.2 Å². The van der Waals surface area contributed by atoms with Crippen molar-refractivity contribution in [1.29, 1.82) is 0 Å². The van der Waals surface area contributed by atoms with E-state index in [4.69, 9.17) is 0 Å². The Bertz CT molecular complexity index is 642. The molecule has 104 valence electrons. The van der Waals surface area contributed by atoms with E-state index >= 15 is 0 Å². The van der Waals surface area contributed by atoms with Crippen LogP contribution >= 0.6 is 0 Å². The van der Waals surface area contributed by atoms with Gasteiger partial charge >= 0.3 is 0 Å². The summed E-state index contributed by atoms with van der Waals surface area (Å²) in [5.74, 6) is 0. The Morgan fingerprint density at radius 1 is 0.900 bits per heavy atom. The van der Waals surface area contributed by atoms with Gasteiger partial charge in [-0.15, -0.1) is 0 Å². The van der Waals surface area contributed by atoms with Gasteiger partial charge in [0, 0.05) is 12.2 Å². The predicted octanol–water partition coefficient (Wildman–Crippen LogP) is 4.95. The summed E-state index contributed by atoms with van der Waals surface area (Å²) < 4.78 is 0. The summed E-state index contributed by atoms with van der Waals surface area (Å²) >= 11 is 0. The van der Waals surface area contributed by atoms with Crippen LogP contribution in [0.15, 0.2) is 24.3 Å². The molecular formula is C19H23N. The van der Waals surface area contributed by atoms with Crippen molar-refractivity contribution in [3.05, 3.63) is 52.1 Å². The molecule has 1 heterocycles. The van der Waals surface area contributed by atoms with Crippen molar-refractivity contribution in [3.63, 3.8) is 0 Å². The Balaban J connectivity index is 2.19. The van der Waals surface area contributed by atoms with Crippen molar-refractivity contribution in [3.8, 4) is 11.1 Å². The molecule has 1 aliphatic rings. The van der Waals surface area contributed by atoms with Crippen molar-refractivity contribution >= 4 is 5.69 Å². The van der Waals surface area contributed by atoms with Crippen LogP contribution in [0.4, 0.5) is 5.69 Å². The summed E-state index contributed by atoms with van der Waals surface area (Å²) in [5.41, 5.74) is 11.2. The lowest BCUT2D eigenvalue weighted by Crippen LogP contribution is -2.11. The molecule has 0 spiro atoms. The maximum Gasteiger partial charge on any atom is 0.0373 e. The summed E-state index contributed by atoms with van der Waals surface area (Å²) in [6, 6.07) is 9.20. The molecule has 0 aromatic heterocycles. The lowest BCUT2D eigenvalue weighted by atomic mass is 9.88. The second-order valence-corrected chi connectivity index (χ2v) is 6.04. The van der Waals surface area contributed by atoms with Crippen LogP contribution in [0.3, 0.4) is 0 Å². The zero-order valence-electron chi connectivity index (χ0n) is 12.9. The highest BCUT2D eigenvalue weighted by Crippen LogP contribution is 2.34. The van der Waals surface area contributed by atoms with Crippen molar-refractivity contribution in [2.45, 2.75) is 40.5 Å². The molecule has 1 nitrogen and oxygen atoms in total. The van der Waals surface area contributed by atoms with E-state index in [9.17, 15) is 0 Å². The van der Waals surface area contributed by atoms with Crippen LogP contribution in [0.5, 0.6) is 0 Å². The fourth-order valence-corrected chi connectivity index (χ4v) is 3.28. The average Bonchev–Trinajstić information content (AvgIpc) is 2.45. The molecule has 0 aliphatic carbocycles. The number of rotatable bonds is 1. The molecule has 20 heavy (non-hydrogen) atoms. The third-order valence-corrected chi connectivity index (χ3v) is 4.70. The fraction of sp³-hybridized carbons (Fsp3) is 0.368. The lowest BCUT2D eigenvalue weighted by Gasteiger charge is -2.21. The summed E-state index contributed by atoms with van der Waals surface area (Å²) in [5, 5.41) is 3.49. The van der Waals surface area contributed by atoms with Gasteiger partial charge in [-0.1, -0.05) is 12.1 Å². The highest BCUT2D eigenvalue weighted by molar-refractivity contribution is 5.76. The van der Waals surface area contributed by atoms with E-state index in [0.717, 1.165) is 6.54 Å². The zero-order valence-corrected chi connectivity index (χ0v) is 12.9. The van der Waals surface area contributed by atoms with Crippen LogP contribution in [-0.4, -0.2) is 6.54 Å². The minimum Gasteiger partial charge on any atom is -0.385 e. The number of aryl methyl sites for hydroxylation is 3. The van der Waals surface area contributed by atoms with Crippen molar-refractivity contribution in [1.82, 2.24) is 0 Å². The van der Waals surface area contributed by atoms with Crippen molar-refractivity contribution in [2.75, 3.05) is 11.9 Å². The molecule has 0 bridgehead atoms. The van der Waals surface area contributed by atoms with Gasteiger partial charge in [0.25, 0.3) is 0 Å². The van der Waals surface area contributed by atoms with E-state index in [1.807, 2.05) is 0 Å². The maximum atomic E-state index is 3.49.